The summed E-state index contributed by atoms with van der Waals surface area (Å²) in [6.07, 6.45) is 13.2. The van der Waals surface area contributed by atoms with Crippen LogP contribution in [0.5, 0.6) is 0 Å². The molecule has 5 nitrogen and oxygen atoms in total. The molecule has 1 saturated heterocycles. The molecular weight excluding hydrogens is 513 g/mol. The number of carbonyl (C=O) groups excluding carboxylic acids is 2. The summed E-state index contributed by atoms with van der Waals surface area (Å²) in [6.45, 7) is 4.28. The third-order valence-corrected chi connectivity index (χ3v) is 8.94. The second-order valence-corrected chi connectivity index (χ2v) is 11.5. The number of piperidine rings is 1. The Morgan fingerprint density at radius 2 is 1.85 bits per heavy atom. The molecule has 3 aliphatic rings. The molecule has 7 heteroatoms. The van der Waals surface area contributed by atoms with Crippen molar-refractivity contribution in [3.63, 3.8) is 0 Å². The first-order valence-electron chi connectivity index (χ1n) is 14.1. The number of aryl methyl sites for hydroxylation is 2. The molecule has 0 bridgehead atoms. The number of likely N-dealkylation sites (tertiary alicyclic amines) is 1. The van der Waals surface area contributed by atoms with E-state index in [0.29, 0.717) is 35.3 Å². The van der Waals surface area contributed by atoms with Crippen molar-refractivity contribution in [2.24, 2.45) is 5.92 Å². The van der Waals surface area contributed by atoms with Crippen LogP contribution < -0.4 is 10.2 Å². The van der Waals surface area contributed by atoms with Crippen molar-refractivity contribution in [3.8, 4) is 0 Å². The summed E-state index contributed by atoms with van der Waals surface area (Å²) < 4.78 is 14.9. The Morgan fingerprint density at radius 3 is 2.56 bits per heavy atom. The van der Waals surface area contributed by atoms with Gasteiger partial charge in [-0.05, 0) is 87.8 Å². The summed E-state index contributed by atoms with van der Waals surface area (Å²) >= 11 is 6.47. The first-order chi connectivity index (χ1) is 18.9. The van der Waals surface area contributed by atoms with Crippen LogP contribution in [0.2, 0.25) is 5.02 Å². The highest BCUT2D eigenvalue weighted by Gasteiger charge is 2.39. The van der Waals surface area contributed by atoms with Gasteiger partial charge in [0.2, 0.25) is 6.41 Å². The Kier molecular flexibility index (Phi) is 8.41. The van der Waals surface area contributed by atoms with Crippen LogP contribution in [0, 0.1) is 25.6 Å². The van der Waals surface area contributed by atoms with Crippen LogP contribution in [0.1, 0.15) is 72.9 Å². The number of amides is 2. The number of rotatable bonds is 7. The SMILES string of the molecule is Cc1ccc(N(C=O)C2=CC(NC3CCCC3)=CC[C@@H]2C2CCCCN2C(=O)c2c(C)cccc2F)cc1Cl. The molecule has 206 valence electrons. The number of hydrogen-bond acceptors (Lipinski definition) is 3. The molecule has 1 heterocycles. The van der Waals surface area contributed by atoms with Crippen molar-refractivity contribution >= 4 is 29.6 Å². The second kappa shape index (κ2) is 12.0. The molecule has 1 N–H and O–H groups in total. The van der Waals surface area contributed by atoms with E-state index >= 15 is 0 Å². The second-order valence-electron chi connectivity index (χ2n) is 11.1. The molecule has 0 spiro atoms. The van der Waals surface area contributed by atoms with Crippen LogP contribution in [-0.2, 0) is 4.79 Å². The predicted octanol–water partition coefficient (Wildman–Crippen LogP) is 7.07. The minimum Gasteiger partial charge on any atom is -0.383 e. The van der Waals surface area contributed by atoms with Gasteiger partial charge in [-0.15, -0.1) is 0 Å². The first kappa shape index (κ1) is 27.4. The topological polar surface area (TPSA) is 52.7 Å². The molecule has 0 aromatic heterocycles. The number of halogens is 2. The number of benzene rings is 2. The van der Waals surface area contributed by atoms with Crippen LogP contribution in [0.25, 0.3) is 0 Å². The van der Waals surface area contributed by atoms with E-state index in [-0.39, 0.29) is 23.4 Å². The zero-order valence-corrected chi connectivity index (χ0v) is 23.5. The van der Waals surface area contributed by atoms with E-state index in [1.807, 2.05) is 30.0 Å². The number of nitrogens with one attached hydrogen (secondary N) is 1. The van der Waals surface area contributed by atoms with E-state index in [4.69, 9.17) is 11.6 Å². The Balaban J connectivity index is 1.52. The van der Waals surface area contributed by atoms with Gasteiger partial charge < -0.3 is 10.2 Å². The molecule has 2 fully saturated rings. The number of allylic oxidation sites excluding steroid dienone is 2. The molecule has 39 heavy (non-hydrogen) atoms. The fourth-order valence-electron chi connectivity index (χ4n) is 6.39. The highest BCUT2D eigenvalue weighted by atomic mass is 35.5. The quantitative estimate of drug-likeness (QED) is 0.376. The van der Waals surface area contributed by atoms with Gasteiger partial charge in [0.25, 0.3) is 5.91 Å². The largest absolute Gasteiger partial charge is 0.383 e. The van der Waals surface area contributed by atoms with E-state index in [2.05, 4.69) is 17.5 Å². The lowest BCUT2D eigenvalue weighted by molar-refractivity contribution is -0.107. The summed E-state index contributed by atoms with van der Waals surface area (Å²) in [7, 11) is 0. The fourth-order valence-corrected chi connectivity index (χ4v) is 6.56. The maximum absolute atomic E-state index is 14.9. The summed E-state index contributed by atoms with van der Waals surface area (Å²) in [6, 6.07) is 10.7. The van der Waals surface area contributed by atoms with Crippen molar-refractivity contribution in [1.82, 2.24) is 10.2 Å². The van der Waals surface area contributed by atoms with Gasteiger partial charge in [-0.1, -0.05) is 48.7 Å². The fraction of sp³-hybridized carbons (Fsp3) is 0.438. The van der Waals surface area contributed by atoms with Crippen LogP contribution in [-0.4, -0.2) is 35.8 Å². The molecule has 1 saturated carbocycles. The van der Waals surface area contributed by atoms with Gasteiger partial charge in [0.1, 0.15) is 5.82 Å². The van der Waals surface area contributed by atoms with Crippen molar-refractivity contribution in [2.45, 2.75) is 77.3 Å². The zero-order chi connectivity index (χ0) is 27.5. The van der Waals surface area contributed by atoms with Crippen LogP contribution in [0.15, 0.2) is 59.9 Å². The first-order valence-corrected chi connectivity index (χ1v) is 14.5. The minimum atomic E-state index is -0.490. The lowest BCUT2D eigenvalue weighted by atomic mass is 9.81. The van der Waals surface area contributed by atoms with E-state index in [9.17, 15) is 14.0 Å². The van der Waals surface area contributed by atoms with Gasteiger partial charge in [-0.2, -0.15) is 0 Å². The summed E-state index contributed by atoms with van der Waals surface area (Å²) in [5, 5.41) is 4.28. The molecule has 2 aromatic rings. The van der Waals surface area contributed by atoms with E-state index in [1.165, 1.54) is 18.9 Å². The maximum Gasteiger partial charge on any atom is 0.257 e. The Bertz CT molecular complexity index is 1280. The summed E-state index contributed by atoms with van der Waals surface area (Å²) in [5.74, 6) is -0.888. The van der Waals surface area contributed by atoms with E-state index in [1.54, 1.807) is 24.0 Å². The molecule has 2 aromatic carbocycles. The Morgan fingerprint density at radius 1 is 1.08 bits per heavy atom. The van der Waals surface area contributed by atoms with Gasteiger partial charge in [0.15, 0.2) is 0 Å². The summed E-state index contributed by atoms with van der Waals surface area (Å²) in [5.41, 5.74) is 4.25. The van der Waals surface area contributed by atoms with Crippen molar-refractivity contribution in [2.75, 3.05) is 11.4 Å². The van der Waals surface area contributed by atoms with Crippen molar-refractivity contribution in [1.29, 1.82) is 0 Å². The predicted molar refractivity (Wildman–Crippen MR) is 154 cm³/mol. The third kappa shape index (κ3) is 5.76. The van der Waals surface area contributed by atoms with Gasteiger partial charge >= 0.3 is 0 Å². The number of anilines is 1. The van der Waals surface area contributed by atoms with Crippen LogP contribution >= 0.6 is 11.6 Å². The number of hydrogen-bond donors (Lipinski definition) is 1. The minimum absolute atomic E-state index is 0.124. The normalized spacial score (nSPS) is 21.8. The van der Waals surface area contributed by atoms with Gasteiger partial charge in [0, 0.05) is 46.7 Å². The highest BCUT2D eigenvalue weighted by Crippen LogP contribution is 2.39. The zero-order valence-electron chi connectivity index (χ0n) is 22.8. The van der Waals surface area contributed by atoms with Gasteiger partial charge in [0.05, 0.1) is 5.56 Å². The molecular formula is C32H37ClFN3O2. The standard InChI is InChI=1S/C32H37ClFN3O2/c1-21-13-15-25(19-27(21)33)37(20-38)30-18-24(35-23-9-3-4-10-23)14-16-26(30)29-12-5-6-17-36(29)32(39)31-22(2)8-7-11-28(31)34/h7-8,11,13-15,18-20,23,26,29,35H,3-6,9-10,12,16-17H2,1-2H3/t26-,29?/m1/s1. The van der Waals surface area contributed by atoms with Crippen LogP contribution in [0.4, 0.5) is 10.1 Å². The molecule has 1 unspecified atom stereocenters. The van der Waals surface area contributed by atoms with E-state index < -0.39 is 5.82 Å². The Hall–Kier alpha value is -3.12. The van der Waals surface area contributed by atoms with Crippen LogP contribution in [0.3, 0.4) is 0 Å². The lowest BCUT2D eigenvalue weighted by Gasteiger charge is -2.44. The number of carbonyl (C=O) groups is 2. The average Bonchev–Trinajstić information content (AvgIpc) is 3.44. The monoisotopic (exact) mass is 549 g/mol. The van der Waals surface area contributed by atoms with E-state index in [0.717, 1.165) is 55.5 Å². The lowest BCUT2D eigenvalue weighted by Crippen LogP contribution is -2.50. The molecule has 2 amide bonds. The molecule has 2 aliphatic carbocycles. The number of nitrogens with zero attached hydrogens (tertiary/aromatic N) is 2. The maximum atomic E-state index is 14.9. The summed E-state index contributed by atoms with van der Waals surface area (Å²) in [4.78, 5) is 30.0. The Labute approximate surface area is 235 Å². The smallest absolute Gasteiger partial charge is 0.257 e. The van der Waals surface area contributed by atoms with Crippen molar-refractivity contribution in [3.05, 3.63) is 87.5 Å². The molecule has 0 radical (unpaired) electrons. The van der Waals surface area contributed by atoms with Gasteiger partial charge in [-0.25, -0.2) is 4.39 Å². The third-order valence-electron chi connectivity index (χ3n) is 8.53. The van der Waals surface area contributed by atoms with Gasteiger partial charge in [-0.3, -0.25) is 14.5 Å². The highest BCUT2D eigenvalue weighted by molar-refractivity contribution is 6.31. The molecule has 1 aliphatic heterocycles. The average molecular weight is 550 g/mol. The molecule has 2 atom stereocenters. The molecule has 5 rings (SSSR count). The van der Waals surface area contributed by atoms with Crippen molar-refractivity contribution < 1.29 is 14.0 Å².